The molecular formula is C25H27NO3S2. The monoisotopic (exact) mass is 453 g/mol. The summed E-state index contributed by atoms with van der Waals surface area (Å²) in [7, 11) is 2.18. The van der Waals surface area contributed by atoms with E-state index in [2.05, 4.69) is 36.2 Å². The van der Waals surface area contributed by atoms with Crippen LogP contribution in [-0.2, 0) is 21.7 Å². The maximum absolute atomic E-state index is 13.4. The number of carbonyl (C=O) groups is 1. The molecule has 31 heavy (non-hydrogen) atoms. The second-order valence-electron chi connectivity index (χ2n) is 8.74. The van der Waals surface area contributed by atoms with E-state index in [1.165, 1.54) is 34.7 Å². The lowest BCUT2D eigenvalue weighted by atomic mass is 9.96. The highest BCUT2D eigenvalue weighted by Crippen LogP contribution is 2.49. The van der Waals surface area contributed by atoms with Crippen molar-refractivity contribution >= 4 is 28.6 Å². The Kier molecular flexibility index (Phi) is 5.73. The van der Waals surface area contributed by atoms with Crippen molar-refractivity contribution in [3.05, 3.63) is 80.7 Å². The van der Waals surface area contributed by atoms with Gasteiger partial charge in [-0.2, -0.15) is 0 Å². The van der Waals surface area contributed by atoms with Gasteiger partial charge in [-0.15, -0.1) is 22.7 Å². The molecule has 4 unspecified atom stereocenters. The second-order valence-corrected chi connectivity index (χ2v) is 10.6. The summed E-state index contributed by atoms with van der Waals surface area (Å²) in [4.78, 5) is 17.0. The first-order chi connectivity index (χ1) is 15.1. The SMILES string of the molecule is CN(Cc1ccccc1)C1C2CCC1C(OC(=O)C(O)(c1cccs1)c1cccs1)C2. The van der Waals surface area contributed by atoms with Crippen LogP contribution in [0.2, 0.25) is 0 Å². The fourth-order valence-corrected chi connectivity index (χ4v) is 7.26. The molecule has 1 aromatic carbocycles. The molecule has 5 rings (SSSR count). The number of ether oxygens (including phenoxy) is 1. The van der Waals surface area contributed by atoms with Crippen molar-refractivity contribution in [2.75, 3.05) is 7.05 Å². The van der Waals surface area contributed by atoms with Crippen LogP contribution in [0.1, 0.15) is 34.6 Å². The van der Waals surface area contributed by atoms with E-state index >= 15 is 0 Å². The molecule has 2 fully saturated rings. The number of carbonyl (C=O) groups excluding carboxylic acids is 1. The molecule has 2 heterocycles. The van der Waals surface area contributed by atoms with E-state index < -0.39 is 11.6 Å². The maximum Gasteiger partial charge on any atom is 0.349 e. The van der Waals surface area contributed by atoms with Gasteiger partial charge >= 0.3 is 5.97 Å². The standard InChI is InChI=1S/C25H27NO3S2/c1-26(16-17-7-3-2-4-8-17)23-18-11-12-19(23)20(15-18)29-24(27)25(28,21-9-5-13-30-21)22-10-6-14-31-22/h2-10,13-14,18-20,23,28H,11-12,15-16H2,1H3. The maximum atomic E-state index is 13.4. The third kappa shape index (κ3) is 3.76. The fraction of sp³-hybridized carbons (Fsp3) is 0.400. The Bertz CT molecular complexity index is 969. The van der Waals surface area contributed by atoms with Gasteiger partial charge in [0.1, 0.15) is 6.10 Å². The number of thiophene rings is 2. The summed E-state index contributed by atoms with van der Waals surface area (Å²) >= 11 is 2.77. The van der Waals surface area contributed by atoms with E-state index in [4.69, 9.17) is 4.74 Å². The van der Waals surface area contributed by atoms with Crippen LogP contribution in [-0.4, -0.2) is 35.2 Å². The number of esters is 1. The molecule has 0 amide bonds. The molecule has 2 aliphatic rings. The summed E-state index contributed by atoms with van der Waals surface area (Å²) < 4.78 is 6.09. The minimum absolute atomic E-state index is 0.138. The highest BCUT2D eigenvalue weighted by Gasteiger charge is 2.53. The largest absolute Gasteiger partial charge is 0.459 e. The molecule has 2 aromatic heterocycles. The van der Waals surface area contributed by atoms with Crippen LogP contribution in [0.25, 0.3) is 0 Å². The highest BCUT2D eigenvalue weighted by atomic mass is 32.1. The van der Waals surface area contributed by atoms with Crippen molar-refractivity contribution in [2.24, 2.45) is 11.8 Å². The molecule has 1 N–H and O–H groups in total. The van der Waals surface area contributed by atoms with Crippen LogP contribution >= 0.6 is 22.7 Å². The van der Waals surface area contributed by atoms with Gasteiger partial charge in [0.25, 0.3) is 0 Å². The minimum Gasteiger partial charge on any atom is -0.459 e. The molecule has 3 aromatic rings. The Balaban J connectivity index is 1.33. The van der Waals surface area contributed by atoms with Gasteiger partial charge < -0.3 is 9.84 Å². The van der Waals surface area contributed by atoms with Gasteiger partial charge in [-0.3, -0.25) is 4.90 Å². The molecule has 0 saturated heterocycles. The van der Waals surface area contributed by atoms with Crippen LogP contribution < -0.4 is 0 Å². The summed E-state index contributed by atoms with van der Waals surface area (Å²) in [5.41, 5.74) is -0.426. The number of rotatable bonds is 7. The number of nitrogens with zero attached hydrogens (tertiary/aromatic N) is 1. The first-order valence-electron chi connectivity index (χ1n) is 10.8. The zero-order chi connectivity index (χ0) is 21.4. The fourth-order valence-electron chi connectivity index (χ4n) is 5.55. The van der Waals surface area contributed by atoms with Gasteiger partial charge in [-0.25, -0.2) is 4.79 Å². The van der Waals surface area contributed by atoms with E-state index in [9.17, 15) is 9.90 Å². The van der Waals surface area contributed by atoms with Crippen molar-refractivity contribution in [3.63, 3.8) is 0 Å². The normalized spacial score (nSPS) is 25.3. The van der Waals surface area contributed by atoms with Gasteiger partial charge in [0.2, 0.25) is 5.60 Å². The van der Waals surface area contributed by atoms with E-state index in [1.54, 1.807) is 0 Å². The Hall–Kier alpha value is -1.99. The minimum atomic E-state index is -1.73. The lowest BCUT2D eigenvalue weighted by Crippen LogP contribution is -2.41. The molecule has 2 aliphatic carbocycles. The van der Waals surface area contributed by atoms with Gasteiger partial charge in [-0.1, -0.05) is 42.5 Å². The third-order valence-corrected chi connectivity index (χ3v) is 8.86. The van der Waals surface area contributed by atoms with E-state index in [-0.39, 0.29) is 6.10 Å². The van der Waals surface area contributed by atoms with E-state index in [0.717, 1.165) is 19.4 Å². The molecule has 0 spiro atoms. The first kappa shape index (κ1) is 20.9. The van der Waals surface area contributed by atoms with E-state index in [1.807, 2.05) is 41.1 Å². The Morgan fingerprint density at radius 2 is 1.74 bits per heavy atom. The summed E-state index contributed by atoms with van der Waals surface area (Å²) in [6.07, 6.45) is 3.00. The molecule has 0 radical (unpaired) electrons. The topological polar surface area (TPSA) is 49.8 Å². The quantitative estimate of drug-likeness (QED) is 0.518. The van der Waals surface area contributed by atoms with Crippen molar-refractivity contribution in [3.8, 4) is 0 Å². The Morgan fingerprint density at radius 1 is 1.06 bits per heavy atom. The van der Waals surface area contributed by atoms with Crippen LogP contribution in [0.4, 0.5) is 0 Å². The van der Waals surface area contributed by atoms with Crippen molar-refractivity contribution in [1.29, 1.82) is 0 Å². The Labute approximate surface area is 191 Å². The molecule has 4 atom stereocenters. The average Bonchev–Trinajstić information content (AvgIpc) is 3.58. The highest BCUT2D eigenvalue weighted by molar-refractivity contribution is 7.12. The van der Waals surface area contributed by atoms with E-state index in [0.29, 0.717) is 27.6 Å². The molecule has 0 aliphatic heterocycles. The smallest absolute Gasteiger partial charge is 0.349 e. The lowest BCUT2D eigenvalue weighted by molar-refractivity contribution is -0.170. The number of aliphatic hydroxyl groups is 1. The Morgan fingerprint density at radius 3 is 2.35 bits per heavy atom. The van der Waals surface area contributed by atoms with Crippen molar-refractivity contribution < 1.29 is 14.6 Å². The zero-order valence-electron chi connectivity index (χ0n) is 17.5. The van der Waals surface area contributed by atoms with Gasteiger partial charge in [0, 0.05) is 18.5 Å². The predicted octanol–water partition coefficient (Wildman–Crippen LogP) is 4.89. The van der Waals surface area contributed by atoms with Crippen molar-refractivity contribution in [1.82, 2.24) is 4.90 Å². The van der Waals surface area contributed by atoms with Crippen LogP contribution in [0, 0.1) is 11.8 Å². The number of hydrogen-bond acceptors (Lipinski definition) is 6. The molecular weight excluding hydrogens is 426 g/mol. The predicted molar refractivity (Wildman–Crippen MR) is 124 cm³/mol. The third-order valence-electron chi connectivity index (χ3n) is 6.90. The van der Waals surface area contributed by atoms with Gasteiger partial charge in [-0.05, 0) is 60.7 Å². The average molecular weight is 454 g/mol. The molecule has 6 heteroatoms. The van der Waals surface area contributed by atoms with Crippen LogP contribution in [0.3, 0.4) is 0 Å². The molecule has 4 nitrogen and oxygen atoms in total. The summed E-state index contributed by atoms with van der Waals surface area (Å²) in [5, 5.41) is 15.3. The molecule has 2 saturated carbocycles. The zero-order valence-corrected chi connectivity index (χ0v) is 19.1. The number of benzene rings is 1. The number of hydrogen-bond donors (Lipinski definition) is 1. The van der Waals surface area contributed by atoms with Crippen molar-refractivity contribution in [2.45, 2.75) is 43.6 Å². The lowest BCUT2D eigenvalue weighted by Gasteiger charge is -2.31. The van der Waals surface area contributed by atoms with Gasteiger partial charge in [0.15, 0.2) is 0 Å². The first-order valence-corrected chi connectivity index (χ1v) is 12.6. The number of fused-ring (bicyclic) bond motifs is 2. The van der Waals surface area contributed by atoms with Crippen LogP contribution in [0.5, 0.6) is 0 Å². The summed E-state index contributed by atoms with van der Waals surface area (Å²) in [5.74, 6) is 0.311. The summed E-state index contributed by atoms with van der Waals surface area (Å²) in [6.45, 7) is 0.896. The molecule has 2 bridgehead atoms. The van der Waals surface area contributed by atoms with Gasteiger partial charge in [0.05, 0.1) is 9.75 Å². The second kappa shape index (κ2) is 8.51. The molecule has 162 valence electrons. The summed E-state index contributed by atoms with van der Waals surface area (Å²) in [6, 6.07) is 18.3. The van der Waals surface area contributed by atoms with Crippen LogP contribution in [0.15, 0.2) is 65.4 Å².